The number of dihydropyridines is 1. The summed E-state index contributed by atoms with van der Waals surface area (Å²) in [6.07, 6.45) is 6.17. The average molecular weight is 231 g/mol. The third kappa shape index (κ3) is 5.34. The first kappa shape index (κ1) is 11.7. The highest BCUT2D eigenvalue weighted by Crippen LogP contribution is 2.26. The minimum absolute atomic E-state index is 0.260. The van der Waals surface area contributed by atoms with Crippen molar-refractivity contribution in [3.8, 4) is 0 Å². The Morgan fingerprint density at radius 1 is 1.64 bits per heavy atom. The van der Waals surface area contributed by atoms with Crippen molar-refractivity contribution in [2.45, 2.75) is 19.3 Å². The lowest BCUT2D eigenvalue weighted by atomic mass is 10.3. The fraction of sp³-hybridized carbons (Fsp3) is 0.556. The largest absolute Gasteiger partial charge is 0.481 e. The molecule has 0 unspecified atom stereocenters. The number of nitrogens with zero attached hydrogens (tertiary/aromatic N) is 1. The molecule has 0 radical (unpaired) electrons. The van der Waals surface area contributed by atoms with Gasteiger partial charge in [-0.2, -0.15) is 0 Å². The zero-order valence-electron chi connectivity index (χ0n) is 7.81. The molecule has 1 aliphatic heterocycles. The van der Waals surface area contributed by atoms with E-state index in [2.05, 4.69) is 11.1 Å². The van der Waals surface area contributed by atoms with Gasteiger partial charge in [0, 0.05) is 18.7 Å². The van der Waals surface area contributed by atoms with Gasteiger partial charge in [-0.1, -0.05) is 16.9 Å². The third-order valence-electron chi connectivity index (χ3n) is 1.59. The topological polar surface area (TPSA) is 49.7 Å². The van der Waals surface area contributed by atoms with Crippen molar-refractivity contribution in [2.75, 3.05) is 12.3 Å². The van der Waals surface area contributed by atoms with Crippen LogP contribution in [-0.2, 0) is 4.79 Å². The number of rotatable bonds is 5. The lowest BCUT2D eigenvalue weighted by molar-refractivity contribution is -0.137. The van der Waals surface area contributed by atoms with Crippen LogP contribution < -0.4 is 0 Å². The summed E-state index contributed by atoms with van der Waals surface area (Å²) in [7, 11) is 3.31. The van der Waals surface area contributed by atoms with E-state index < -0.39 is 5.97 Å². The molecule has 0 atom stereocenters. The Morgan fingerprint density at radius 2 is 2.50 bits per heavy atom. The first-order valence-electron chi connectivity index (χ1n) is 4.51. The first-order valence-corrected chi connectivity index (χ1v) is 6.83. The number of aliphatic imine (C=N–C) groups is 1. The van der Waals surface area contributed by atoms with Crippen molar-refractivity contribution >= 4 is 32.6 Å². The van der Waals surface area contributed by atoms with Gasteiger partial charge < -0.3 is 5.11 Å². The Labute approximate surface area is 91.5 Å². The van der Waals surface area contributed by atoms with Crippen molar-refractivity contribution in [3.63, 3.8) is 0 Å². The predicted molar refractivity (Wildman–Crippen MR) is 63.0 cm³/mol. The fourth-order valence-corrected chi connectivity index (χ4v) is 2.98. The van der Waals surface area contributed by atoms with Crippen LogP contribution in [0.15, 0.2) is 17.1 Å². The number of carboxylic acid groups (broad SMARTS) is 1. The van der Waals surface area contributed by atoms with Gasteiger partial charge in [0.1, 0.15) is 5.04 Å². The predicted octanol–water partition coefficient (Wildman–Crippen LogP) is 2.59. The molecule has 5 heteroatoms. The molecule has 0 aromatic rings. The van der Waals surface area contributed by atoms with Crippen LogP contribution >= 0.6 is 21.6 Å². The minimum atomic E-state index is -0.717. The summed E-state index contributed by atoms with van der Waals surface area (Å²) in [5.74, 6) is 0.148. The Balaban J connectivity index is 2.01. The SMILES string of the molecule is O=C(O)CCCSSC1=NCCC=C1. The van der Waals surface area contributed by atoms with E-state index in [1.807, 2.05) is 6.08 Å². The Morgan fingerprint density at radius 3 is 3.14 bits per heavy atom. The lowest BCUT2D eigenvalue weighted by Gasteiger charge is -2.03. The van der Waals surface area contributed by atoms with Gasteiger partial charge in [-0.15, -0.1) is 0 Å². The van der Waals surface area contributed by atoms with E-state index in [0.717, 1.165) is 30.2 Å². The molecule has 0 aromatic heterocycles. The molecule has 78 valence electrons. The number of hydrogen-bond acceptors (Lipinski definition) is 4. The third-order valence-corrected chi connectivity index (χ3v) is 3.96. The van der Waals surface area contributed by atoms with Gasteiger partial charge in [-0.3, -0.25) is 9.79 Å². The molecule has 1 aliphatic rings. The monoisotopic (exact) mass is 231 g/mol. The Bertz CT molecular complexity index is 251. The molecule has 3 nitrogen and oxygen atoms in total. The maximum Gasteiger partial charge on any atom is 0.303 e. The second-order valence-corrected chi connectivity index (χ2v) is 5.25. The highest BCUT2D eigenvalue weighted by molar-refractivity contribution is 8.82. The molecule has 0 fully saturated rings. The molecule has 14 heavy (non-hydrogen) atoms. The summed E-state index contributed by atoms with van der Waals surface area (Å²) in [4.78, 5) is 14.5. The smallest absolute Gasteiger partial charge is 0.303 e. The van der Waals surface area contributed by atoms with E-state index in [9.17, 15) is 4.79 Å². The standard InChI is InChI=1S/C9H13NO2S2/c11-9(12)5-3-7-13-14-8-4-1-2-6-10-8/h1,4H,2-3,5-7H2,(H,11,12). The molecule has 0 spiro atoms. The molecule has 1 rings (SSSR count). The second kappa shape index (κ2) is 6.95. The number of carbonyl (C=O) groups is 1. The maximum atomic E-state index is 10.2. The number of aliphatic carboxylic acids is 1. The molecule has 1 heterocycles. The minimum Gasteiger partial charge on any atom is -0.481 e. The summed E-state index contributed by atoms with van der Waals surface area (Å²) in [5, 5.41) is 9.46. The van der Waals surface area contributed by atoms with Crippen LogP contribution in [0, 0.1) is 0 Å². The van der Waals surface area contributed by atoms with Crippen molar-refractivity contribution in [1.82, 2.24) is 0 Å². The van der Waals surface area contributed by atoms with Crippen LogP contribution in [0.3, 0.4) is 0 Å². The summed E-state index contributed by atoms with van der Waals surface area (Å²) < 4.78 is 0. The molecular weight excluding hydrogens is 218 g/mol. The summed E-state index contributed by atoms with van der Waals surface area (Å²) >= 11 is 0. The molecule has 1 N–H and O–H groups in total. The van der Waals surface area contributed by atoms with Crippen LogP contribution in [0.2, 0.25) is 0 Å². The molecular formula is C9H13NO2S2. The van der Waals surface area contributed by atoms with E-state index in [-0.39, 0.29) is 6.42 Å². The van der Waals surface area contributed by atoms with Gasteiger partial charge in [0.05, 0.1) is 0 Å². The highest BCUT2D eigenvalue weighted by Gasteiger charge is 2.01. The van der Waals surface area contributed by atoms with Crippen LogP contribution in [0.5, 0.6) is 0 Å². The Hall–Kier alpha value is -0.420. The molecule has 0 saturated carbocycles. The number of hydrogen-bond donors (Lipinski definition) is 1. The number of carboxylic acids is 1. The van der Waals surface area contributed by atoms with E-state index in [4.69, 9.17) is 5.11 Å². The molecule has 0 aliphatic carbocycles. The van der Waals surface area contributed by atoms with E-state index in [0.29, 0.717) is 0 Å². The van der Waals surface area contributed by atoms with E-state index in [1.54, 1.807) is 21.6 Å². The van der Waals surface area contributed by atoms with Gasteiger partial charge in [0.25, 0.3) is 0 Å². The molecule has 0 amide bonds. The van der Waals surface area contributed by atoms with Gasteiger partial charge in [0.15, 0.2) is 0 Å². The van der Waals surface area contributed by atoms with Crippen molar-refractivity contribution < 1.29 is 9.90 Å². The van der Waals surface area contributed by atoms with Crippen LogP contribution in [-0.4, -0.2) is 28.4 Å². The first-order chi connectivity index (χ1) is 6.79. The Kier molecular flexibility index (Phi) is 5.78. The normalized spacial score (nSPS) is 15.3. The lowest BCUT2D eigenvalue weighted by Crippen LogP contribution is -1.96. The van der Waals surface area contributed by atoms with Crippen molar-refractivity contribution in [3.05, 3.63) is 12.2 Å². The second-order valence-electron chi connectivity index (χ2n) is 2.81. The van der Waals surface area contributed by atoms with Gasteiger partial charge in [-0.25, -0.2) is 0 Å². The molecule has 0 bridgehead atoms. The highest BCUT2D eigenvalue weighted by atomic mass is 33.1. The molecule has 0 aromatic carbocycles. The quantitative estimate of drug-likeness (QED) is 0.583. The summed E-state index contributed by atoms with van der Waals surface area (Å²) in [6, 6.07) is 0. The van der Waals surface area contributed by atoms with Crippen molar-refractivity contribution in [2.24, 2.45) is 4.99 Å². The average Bonchev–Trinajstić information content (AvgIpc) is 2.18. The van der Waals surface area contributed by atoms with Gasteiger partial charge in [0.2, 0.25) is 0 Å². The van der Waals surface area contributed by atoms with Crippen LogP contribution in [0.4, 0.5) is 0 Å². The van der Waals surface area contributed by atoms with E-state index in [1.165, 1.54) is 0 Å². The zero-order valence-corrected chi connectivity index (χ0v) is 9.44. The van der Waals surface area contributed by atoms with E-state index >= 15 is 0 Å². The summed E-state index contributed by atoms with van der Waals surface area (Å²) in [6.45, 7) is 0.883. The molecule has 0 saturated heterocycles. The van der Waals surface area contributed by atoms with Crippen LogP contribution in [0.25, 0.3) is 0 Å². The van der Waals surface area contributed by atoms with Gasteiger partial charge in [-0.05, 0) is 29.7 Å². The maximum absolute atomic E-state index is 10.2. The van der Waals surface area contributed by atoms with Crippen molar-refractivity contribution in [1.29, 1.82) is 0 Å². The summed E-state index contributed by atoms with van der Waals surface area (Å²) in [5.41, 5.74) is 0. The fourth-order valence-electron chi connectivity index (χ4n) is 0.925. The zero-order chi connectivity index (χ0) is 10.2. The van der Waals surface area contributed by atoms with Crippen LogP contribution in [0.1, 0.15) is 19.3 Å². The van der Waals surface area contributed by atoms with Gasteiger partial charge >= 0.3 is 5.97 Å².